The molecule has 0 aliphatic rings. The monoisotopic (exact) mass is 430 g/mol. The maximum absolute atomic E-state index is 12.6. The van der Waals surface area contributed by atoms with Gasteiger partial charge in [-0.25, -0.2) is 8.42 Å². The molecule has 1 amide bonds. The van der Waals surface area contributed by atoms with Gasteiger partial charge in [0.25, 0.3) is 15.9 Å². The van der Waals surface area contributed by atoms with Crippen LogP contribution in [0.1, 0.15) is 30.1 Å². The number of sulfonamides is 1. The maximum Gasteiger partial charge on any atom is 0.271 e. The number of ether oxygens (including phenoxy) is 1. The minimum absolute atomic E-state index is 0.206. The van der Waals surface area contributed by atoms with Gasteiger partial charge in [0.05, 0.1) is 18.0 Å². The lowest BCUT2D eigenvalue weighted by Crippen LogP contribution is -2.16. The number of benzene rings is 2. The first-order chi connectivity index (χ1) is 14.0. The summed E-state index contributed by atoms with van der Waals surface area (Å²) >= 11 is 1.12. The van der Waals surface area contributed by atoms with Gasteiger partial charge >= 0.3 is 0 Å². The minimum Gasteiger partial charge on any atom is -0.494 e. The predicted molar refractivity (Wildman–Crippen MR) is 116 cm³/mol. The standard InChI is InChI=1S/C21H22N2O4S2/c1-2-3-14-27-17-12-10-16(11-13-17)21(24)22-18-7-4-5-8-19(18)23-29(25,26)20-9-6-15-28-20/h4-13,15,23H,2-3,14H2,1H3,(H,22,24). The van der Waals surface area contributed by atoms with Crippen LogP contribution in [0.25, 0.3) is 0 Å². The van der Waals surface area contributed by atoms with Gasteiger partial charge in [0.15, 0.2) is 0 Å². The SMILES string of the molecule is CCCCOc1ccc(C(=O)Nc2ccccc2NS(=O)(=O)c2cccs2)cc1. The topological polar surface area (TPSA) is 84.5 Å². The number of carbonyl (C=O) groups is 1. The average molecular weight is 431 g/mol. The van der Waals surface area contributed by atoms with Crippen LogP contribution < -0.4 is 14.8 Å². The summed E-state index contributed by atoms with van der Waals surface area (Å²) in [5.74, 6) is 0.368. The van der Waals surface area contributed by atoms with Gasteiger partial charge < -0.3 is 10.1 Å². The first-order valence-corrected chi connectivity index (χ1v) is 11.6. The number of nitrogens with one attached hydrogen (secondary N) is 2. The van der Waals surface area contributed by atoms with Crippen LogP contribution in [0.5, 0.6) is 5.75 Å². The summed E-state index contributed by atoms with van der Waals surface area (Å²) in [7, 11) is -3.71. The summed E-state index contributed by atoms with van der Waals surface area (Å²) in [6.45, 7) is 2.73. The molecule has 0 bridgehead atoms. The summed E-state index contributed by atoms with van der Waals surface area (Å²) < 4.78 is 33.3. The summed E-state index contributed by atoms with van der Waals surface area (Å²) in [4.78, 5) is 12.6. The Balaban J connectivity index is 1.71. The molecule has 0 saturated carbocycles. The zero-order valence-corrected chi connectivity index (χ0v) is 17.6. The van der Waals surface area contributed by atoms with Crippen molar-refractivity contribution in [2.75, 3.05) is 16.6 Å². The molecule has 3 rings (SSSR count). The molecule has 0 saturated heterocycles. The molecule has 0 spiro atoms. The first kappa shape index (κ1) is 20.9. The van der Waals surface area contributed by atoms with Gasteiger partial charge in [-0.1, -0.05) is 31.5 Å². The molecule has 8 heteroatoms. The molecule has 0 atom stereocenters. The highest BCUT2D eigenvalue weighted by Crippen LogP contribution is 2.26. The Morgan fingerprint density at radius 2 is 1.72 bits per heavy atom. The third-order valence-corrected chi connectivity index (χ3v) is 6.83. The average Bonchev–Trinajstić information content (AvgIpc) is 3.26. The van der Waals surface area contributed by atoms with Gasteiger partial charge in [0, 0.05) is 5.56 Å². The molecule has 0 fully saturated rings. The van der Waals surface area contributed by atoms with E-state index in [1.807, 2.05) is 0 Å². The predicted octanol–water partition coefficient (Wildman–Crippen LogP) is 4.98. The van der Waals surface area contributed by atoms with Crippen molar-refractivity contribution in [1.29, 1.82) is 0 Å². The van der Waals surface area contributed by atoms with Crippen LogP contribution in [0.3, 0.4) is 0 Å². The normalized spacial score (nSPS) is 11.1. The maximum atomic E-state index is 12.6. The van der Waals surface area contributed by atoms with Crippen LogP contribution in [0.4, 0.5) is 11.4 Å². The fourth-order valence-corrected chi connectivity index (χ4v) is 4.60. The lowest BCUT2D eigenvalue weighted by atomic mass is 10.2. The lowest BCUT2D eigenvalue weighted by Gasteiger charge is -2.13. The molecular weight excluding hydrogens is 408 g/mol. The molecule has 0 aliphatic carbocycles. The highest BCUT2D eigenvalue weighted by atomic mass is 32.2. The Bertz CT molecular complexity index is 1050. The van der Waals surface area contributed by atoms with Crippen molar-refractivity contribution in [2.24, 2.45) is 0 Å². The zero-order valence-electron chi connectivity index (χ0n) is 15.9. The Kier molecular flexibility index (Phi) is 6.90. The van der Waals surface area contributed by atoms with E-state index < -0.39 is 10.0 Å². The number of unbranched alkanes of at least 4 members (excludes halogenated alkanes) is 1. The lowest BCUT2D eigenvalue weighted by molar-refractivity contribution is 0.102. The van der Waals surface area contributed by atoms with E-state index in [-0.39, 0.29) is 10.1 Å². The molecule has 2 N–H and O–H groups in total. The fourth-order valence-electron chi connectivity index (χ4n) is 2.52. The largest absolute Gasteiger partial charge is 0.494 e. The first-order valence-electron chi connectivity index (χ1n) is 9.19. The van der Waals surface area contributed by atoms with Crippen LogP contribution in [-0.4, -0.2) is 20.9 Å². The van der Waals surface area contributed by atoms with Gasteiger partial charge in [-0.15, -0.1) is 11.3 Å². The summed E-state index contributed by atoms with van der Waals surface area (Å²) in [6, 6.07) is 16.7. The van der Waals surface area contributed by atoms with Gasteiger partial charge in [0.2, 0.25) is 0 Å². The second kappa shape index (κ2) is 9.58. The molecule has 0 unspecified atom stereocenters. The third kappa shape index (κ3) is 5.58. The third-order valence-electron chi connectivity index (χ3n) is 4.06. The van der Waals surface area contributed by atoms with Crippen molar-refractivity contribution < 1.29 is 17.9 Å². The van der Waals surface area contributed by atoms with Crippen molar-refractivity contribution in [3.63, 3.8) is 0 Å². The molecule has 3 aromatic rings. The van der Waals surface area contributed by atoms with E-state index in [4.69, 9.17) is 4.74 Å². The summed E-state index contributed by atoms with van der Waals surface area (Å²) in [5.41, 5.74) is 1.12. The van der Waals surface area contributed by atoms with Crippen LogP contribution in [-0.2, 0) is 10.0 Å². The summed E-state index contributed by atoms with van der Waals surface area (Å²) in [6.07, 6.45) is 2.02. The molecule has 2 aromatic carbocycles. The molecule has 0 aliphatic heterocycles. The van der Waals surface area contributed by atoms with E-state index in [1.165, 1.54) is 6.07 Å². The molecular formula is C21H22N2O4S2. The number of amides is 1. The number of rotatable bonds is 9. The Morgan fingerprint density at radius 3 is 2.38 bits per heavy atom. The Morgan fingerprint density at radius 1 is 1.00 bits per heavy atom. The van der Waals surface area contributed by atoms with Gasteiger partial charge in [0.1, 0.15) is 9.96 Å². The van der Waals surface area contributed by atoms with Crippen molar-refractivity contribution in [3.8, 4) is 5.75 Å². The van der Waals surface area contributed by atoms with E-state index in [9.17, 15) is 13.2 Å². The minimum atomic E-state index is -3.71. The summed E-state index contributed by atoms with van der Waals surface area (Å²) in [5, 5.41) is 4.46. The zero-order chi connectivity index (χ0) is 20.7. The van der Waals surface area contributed by atoms with Gasteiger partial charge in [-0.05, 0) is 54.3 Å². The molecule has 1 heterocycles. The number of hydrogen-bond acceptors (Lipinski definition) is 5. The van der Waals surface area contributed by atoms with E-state index in [2.05, 4.69) is 17.0 Å². The highest BCUT2D eigenvalue weighted by Gasteiger charge is 2.18. The smallest absolute Gasteiger partial charge is 0.271 e. The molecule has 0 radical (unpaired) electrons. The second-order valence-electron chi connectivity index (χ2n) is 6.26. The van der Waals surface area contributed by atoms with Crippen molar-refractivity contribution in [3.05, 3.63) is 71.6 Å². The highest BCUT2D eigenvalue weighted by molar-refractivity contribution is 7.94. The number of para-hydroxylation sites is 2. The van der Waals surface area contributed by atoms with Crippen molar-refractivity contribution in [1.82, 2.24) is 0 Å². The van der Waals surface area contributed by atoms with Crippen LogP contribution in [0.15, 0.2) is 70.3 Å². The van der Waals surface area contributed by atoms with E-state index in [1.54, 1.807) is 60.0 Å². The second-order valence-corrected chi connectivity index (χ2v) is 9.12. The van der Waals surface area contributed by atoms with Crippen LogP contribution in [0, 0.1) is 0 Å². The fraction of sp³-hybridized carbons (Fsp3) is 0.190. The van der Waals surface area contributed by atoms with Crippen molar-refractivity contribution >= 4 is 38.6 Å². The van der Waals surface area contributed by atoms with Crippen LogP contribution >= 0.6 is 11.3 Å². The number of thiophene rings is 1. The van der Waals surface area contributed by atoms with E-state index >= 15 is 0 Å². The molecule has 6 nitrogen and oxygen atoms in total. The van der Waals surface area contributed by atoms with Gasteiger partial charge in [-0.2, -0.15) is 0 Å². The van der Waals surface area contributed by atoms with Gasteiger partial charge in [-0.3, -0.25) is 9.52 Å². The van der Waals surface area contributed by atoms with Crippen molar-refractivity contribution in [2.45, 2.75) is 24.0 Å². The molecule has 152 valence electrons. The molecule has 29 heavy (non-hydrogen) atoms. The molecule has 1 aromatic heterocycles. The van der Waals surface area contributed by atoms with E-state index in [0.717, 1.165) is 24.2 Å². The number of carbonyl (C=O) groups excluding carboxylic acids is 1. The quantitative estimate of drug-likeness (QED) is 0.469. The Hall–Kier alpha value is -2.84. The van der Waals surface area contributed by atoms with E-state index in [0.29, 0.717) is 29.3 Å². The number of anilines is 2. The van der Waals surface area contributed by atoms with Crippen LogP contribution in [0.2, 0.25) is 0 Å². The number of hydrogen-bond donors (Lipinski definition) is 2. The Labute approximate surface area is 174 Å².